The molecule has 162 valence electrons. The zero-order chi connectivity index (χ0) is 22.7. The Kier molecular flexibility index (Phi) is 7.19. The molecule has 0 bridgehead atoms. The molecule has 1 aromatic heterocycles. The van der Waals surface area contributed by atoms with Gasteiger partial charge in [0, 0.05) is 12.1 Å². The molecule has 3 rings (SSSR count). The van der Waals surface area contributed by atoms with Crippen LogP contribution < -0.4 is 0 Å². The smallest absolute Gasteiger partial charge is 0.326 e. The summed E-state index contributed by atoms with van der Waals surface area (Å²) in [4.78, 5) is 36.8. The summed E-state index contributed by atoms with van der Waals surface area (Å²) in [5.41, 5.74) is 0.997. The molecule has 1 aliphatic rings. The van der Waals surface area contributed by atoms with Crippen molar-refractivity contribution in [3.8, 4) is 11.3 Å². The Balaban J connectivity index is 1.88. The van der Waals surface area contributed by atoms with Gasteiger partial charge < -0.3 is 9.52 Å². The summed E-state index contributed by atoms with van der Waals surface area (Å²) in [5, 5.41) is 20.9. The molecule has 0 saturated carbocycles. The minimum atomic E-state index is -1.11. The van der Waals surface area contributed by atoms with Crippen LogP contribution >= 0.6 is 35.7 Å². The summed E-state index contributed by atoms with van der Waals surface area (Å²) < 4.78 is 5.90. The molecule has 1 atom stereocenters. The van der Waals surface area contributed by atoms with Gasteiger partial charge in [0.1, 0.15) is 21.9 Å². The van der Waals surface area contributed by atoms with Crippen LogP contribution in [0.15, 0.2) is 39.7 Å². The van der Waals surface area contributed by atoms with Gasteiger partial charge >= 0.3 is 5.97 Å². The molecule has 2 aromatic rings. The van der Waals surface area contributed by atoms with E-state index in [1.807, 2.05) is 6.26 Å². The fourth-order valence-corrected chi connectivity index (χ4v) is 4.84. The second-order valence-electron chi connectivity index (χ2n) is 6.67. The lowest BCUT2D eigenvalue weighted by molar-refractivity contribution is -0.384. The molecule has 1 aliphatic heterocycles. The zero-order valence-corrected chi connectivity index (χ0v) is 19.0. The number of hydrogen-bond donors (Lipinski definition) is 1. The number of aryl methyl sites for hydroxylation is 1. The number of carboxylic acid groups (broad SMARTS) is 1. The standard InChI is InChI=1S/C20H18N2O6S3/c1-11-3-5-13(15(9-11)22(26)27)16-6-4-12(28-16)10-17-18(23)21(20(29)31-17)14(19(24)25)7-8-30-2/h3-6,9-10,14H,7-8H2,1-2H3,(H,24,25)/b17-10+/t14-/m1/s1. The molecule has 1 saturated heterocycles. The Morgan fingerprint density at radius 1 is 1.42 bits per heavy atom. The highest BCUT2D eigenvalue weighted by Crippen LogP contribution is 2.37. The van der Waals surface area contributed by atoms with Crippen molar-refractivity contribution in [1.82, 2.24) is 4.90 Å². The number of thiocarbonyl (C=S) groups is 1. The third kappa shape index (κ3) is 5.00. The Hall–Kier alpha value is -2.63. The van der Waals surface area contributed by atoms with E-state index in [0.717, 1.165) is 22.2 Å². The molecule has 0 aliphatic carbocycles. The number of nitro benzene ring substituents is 1. The molecule has 1 N–H and O–H groups in total. The summed E-state index contributed by atoms with van der Waals surface area (Å²) in [6.07, 6.45) is 3.60. The van der Waals surface area contributed by atoms with Crippen LogP contribution in [0.4, 0.5) is 5.69 Å². The van der Waals surface area contributed by atoms with Crippen molar-refractivity contribution in [2.75, 3.05) is 12.0 Å². The number of hydrogen-bond acceptors (Lipinski definition) is 8. The van der Waals surface area contributed by atoms with Crippen LogP contribution in [0.5, 0.6) is 0 Å². The molecule has 11 heteroatoms. The molecule has 0 radical (unpaired) electrons. The van der Waals surface area contributed by atoms with Gasteiger partial charge in [0.2, 0.25) is 0 Å². The van der Waals surface area contributed by atoms with E-state index in [1.165, 1.54) is 23.9 Å². The molecule has 1 aromatic carbocycles. The molecule has 1 amide bonds. The average molecular weight is 479 g/mol. The molecule has 31 heavy (non-hydrogen) atoms. The summed E-state index contributed by atoms with van der Waals surface area (Å²) in [6, 6.07) is 6.96. The van der Waals surface area contributed by atoms with E-state index in [-0.39, 0.29) is 27.1 Å². The quantitative estimate of drug-likeness (QED) is 0.252. The Morgan fingerprint density at radius 2 is 2.16 bits per heavy atom. The number of aliphatic carboxylic acids is 1. The van der Waals surface area contributed by atoms with Crippen LogP contribution in [0.3, 0.4) is 0 Å². The molecule has 8 nitrogen and oxygen atoms in total. The minimum Gasteiger partial charge on any atom is -0.480 e. The van der Waals surface area contributed by atoms with Crippen LogP contribution in [0.2, 0.25) is 0 Å². The maximum atomic E-state index is 12.8. The van der Waals surface area contributed by atoms with E-state index in [4.69, 9.17) is 16.6 Å². The lowest BCUT2D eigenvalue weighted by Gasteiger charge is -2.22. The predicted octanol–water partition coefficient (Wildman–Crippen LogP) is 4.57. The summed E-state index contributed by atoms with van der Waals surface area (Å²) in [7, 11) is 0. The SMILES string of the molecule is CSCC[C@H](C(=O)O)N1C(=O)/C(=C\c2ccc(-c3ccc(C)cc3[N+](=O)[O-])o2)SC1=S. The number of amides is 1. The van der Waals surface area contributed by atoms with Gasteiger partial charge in [0.05, 0.1) is 15.4 Å². The number of carbonyl (C=O) groups excluding carboxylic acids is 1. The van der Waals surface area contributed by atoms with Crippen molar-refractivity contribution in [3.63, 3.8) is 0 Å². The highest BCUT2D eigenvalue weighted by Gasteiger charge is 2.40. The lowest BCUT2D eigenvalue weighted by atomic mass is 10.1. The van der Waals surface area contributed by atoms with Crippen LogP contribution in [0.25, 0.3) is 17.4 Å². The van der Waals surface area contributed by atoms with E-state index in [1.54, 1.807) is 31.2 Å². The van der Waals surface area contributed by atoms with Gasteiger partial charge in [0.15, 0.2) is 0 Å². The number of nitrogens with zero attached hydrogens (tertiary/aromatic N) is 2. The predicted molar refractivity (Wildman–Crippen MR) is 125 cm³/mol. The number of benzene rings is 1. The van der Waals surface area contributed by atoms with Crippen LogP contribution in [-0.4, -0.2) is 49.2 Å². The van der Waals surface area contributed by atoms with Gasteiger partial charge in [-0.2, -0.15) is 11.8 Å². The zero-order valence-electron chi connectivity index (χ0n) is 16.6. The number of nitro groups is 1. The van der Waals surface area contributed by atoms with Crippen molar-refractivity contribution in [2.24, 2.45) is 0 Å². The van der Waals surface area contributed by atoms with Crippen molar-refractivity contribution >= 4 is 63.7 Å². The van der Waals surface area contributed by atoms with Gasteiger partial charge in [-0.1, -0.05) is 30.0 Å². The number of thioether (sulfide) groups is 2. The van der Waals surface area contributed by atoms with E-state index >= 15 is 0 Å². The summed E-state index contributed by atoms with van der Waals surface area (Å²) in [5.74, 6) is -0.441. The number of carbonyl (C=O) groups is 2. The van der Waals surface area contributed by atoms with Gasteiger partial charge in [-0.3, -0.25) is 19.8 Å². The summed E-state index contributed by atoms with van der Waals surface area (Å²) in [6.45, 7) is 1.76. The van der Waals surface area contributed by atoms with E-state index in [9.17, 15) is 24.8 Å². The fraction of sp³-hybridized carbons (Fsp3) is 0.250. The number of carboxylic acids is 1. The number of rotatable bonds is 8. The van der Waals surface area contributed by atoms with Gasteiger partial charge in [-0.25, -0.2) is 4.79 Å². The molecule has 0 spiro atoms. The third-order valence-electron chi connectivity index (χ3n) is 4.53. The Labute approximate surface area is 191 Å². The molecular weight excluding hydrogens is 460 g/mol. The monoisotopic (exact) mass is 478 g/mol. The van der Waals surface area contributed by atoms with Crippen LogP contribution in [-0.2, 0) is 9.59 Å². The second-order valence-corrected chi connectivity index (χ2v) is 9.33. The first-order valence-electron chi connectivity index (χ1n) is 9.07. The average Bonchev–Trinajstić information content (AvgIpc) is 3.27. The molecular formula is C20H18N2O6S3. The van der Waals surface area contributed by atoms with E-state index in [2.05, 4.69) is 0 Å². The van der Waals surface area contributed by atoms with Crippen molar-refractivity contribution in [3.05, 3.63) is 56.7 Å². The molecule has 1 fully saturated rings. The van der Waals surface area contributed by atoms with Gasteiger partial charge in [-0.15, -0.1) is 0 Å². The van der Waals surface area contributed by atoms with E-state index < -0.39 is 22.8 Å². The second kappa shape index (κ2) is 9.67. The largest absolute Gasteiger partial charge is 0.480 e. The maximum Gasteiger partial charge on any atom is 0.326 e. The summed E-state index contributed by atoms with van der Waals surface area (Å²) >= 11 is 7.74. The fourth-order valence-electron chi connectivity index (χ4n) is 3.05. The topological polar surface area (TPSA) is 114 Å². The normalized spacial score (nSPS) is 16.2. The lowest BCUT2D eigenvalue weighted by Crippen LogP contribution is -2.44. The Morgan fingerprint density at radius 3 is 2.81 bits per heavy atom. The van der Waals surface area contributed by atoms with E-state index in [0.29, 0.717) is 17.1 Å². The van der Waals surface area contributed by atoms with Crippen molar-refractivity contribution in [2.45, 2.75) is 19.4 Å². The van der Waals surface area contributed by atoms with Crippen LogP contribution in [0, 0.1) is 17.0 Å². The van der Waals surface area contributed by atoms with Gasteiger partial charge in [-0.05, 0) is 49.1 Å². The molecule has 0 unspecified atom stereocenters. The highest BCUT2D eigenvalue weighted by atomic mass is 32.2. The first-order chi connectivity index (χ1) is 14.7. The molecule has 2 heterocycles. The first kappa shape index (κ1) is 23.0. The Bertz CT molecular complexity index is 1090. The maximum absolute atomic E-state index is 12.8. The minimum absolute atomic E-state index is 0.0784. The van der Waals surface area contributed by atoms with Crippen molar-refractivity contribution < 1.29 is 24.0 Å². The first-order valence-corrected chi connectivity index (χ1v) is 11.7. The van der Waals surface area contributed by atoms with Crippen LogP contribution in [0.1, 0.15) is 17.7 Å². The highest BCUT2D eigenvalue weighted by molar-refractivity contribution is 8.26. The van der Waals surface area contributed by atoms with Gasteiger partial charge in [0.25, 0.3) is 11.6 Å². The van der Waals surface area contributed by atoms with Crippen molar-refractivity contribution in [1.29, 1.82) is 0 Å². The third-order valence-corrected chi connectivity index (χ3v) is 6.51. The number of furan rings is 1.